The van der Waals surface area contributed by atoms with Gasteiger partial charge in [0, 0.05) is 48.7 Å². The summed E-state index contributed by atoms with van der Waals surface area (Å²) in [6.45, 7) is 1.32. The Morgan fingerprint density at radius 1 is 1.64 bits per heavy atom. The third-order valence-electron chi connectivity index (χ3n) is 0.803. The largest absolute Gasteiger partial charge is 0.408 e. The number of esters is 1. The van der Waals surface area contributed by atoms with Crippen LogP contribution in [0.25, 0.3) is 0 Å². The summed E-state index contributed by atoms with van der Waals surface area (Å²) in [4.78, 5) is 17.6. The van der Waals surface area contributed by atoms with Crippen LogP contribution in [-0.4, -0.2) is 45.5 Å². The first-order valence-corrected chi connectivity index (χ1v) is 2.73. The monoisotopic (exact) mass is 161 g/mol. The van der Waals surface area contributed by atoms with Crippen LogP contribution in [0.2, 0.25) is 0 Å². The Labute approximate surface area is 86.3 Å². The zero-order chi connectivity index (χ0) is 7.40. The Bertz CT molecular complexity index is 227. The number of nitrogens with zero attached hydrogens (tertiary/aromatic N) is 2. The van der Waals surface area contributed by atoms with E-state index in [9.17, 15) is 4.79 Å². The second-order valence-electron chi connectivity index (χ2n) is 1.64. The summed E-state index contributed by atoms with van der Waals surface area (Å²) in [7, 11) is 0. The van der Waals surface area contributed by atoms with Crippen LogP contribution in [0.1, 0.15) is 6.92 Å². The zero-order valence-electron chi connectivity index (χ0n) is 6.44. The molecule has 0 aromatic carbocycles. The van der Waals surface area contributed by atoms with E-state index in [0.717, 1.165) is 0 Å². The Hall–Kier alpha value is -0.450. The summed E-state index contributed by atoms with van der Waals surface area (Å²) >= 11 is 0. The van der Waals surface area contributed by atoms with Crippen molar-refractivity contribution < 1.29 is 9.53 Å². The average Bonchev–Trinajstić information content (AvgIpc) is 1.88. The maximum absolute atomic E-state index is 10.3. The standard InChI is InChI=1S/C6H6N2O2.Na/c1-5(9)10-6-2-3-7-4-8-6;/h2-4H,1H3;. The van der Waals surface area contributed by atoms with Gasteiger partial charge in [-0.05, 0) is 0 Å². The number of carbonyl (C=O) groups is 1. The van der Waals surface area contributed by atoms with Gasteiger partial charge in [0.2, 0.25) is 5.88 Å². The number of carbonyl (C=O) groups excluding carboxylic acids is 1. The Kier molecular flexibility index (Phi) is 5.02. The molecule has 1 radical (unpaired) electrons. The molecule has 1 heterocycles. The molecule has 0 saturated carbocycles. The van der Waals surface area contributed by atoms with Crippen LogP contribution in [0.15, 0.2) is 18.6 Å². The molecular formula is C6H6N2NaO2. The smallest absolute Gasteiger partial charge is 0.309 e. The molecule has 1 aromatic rings. The Morgan fingerprint density at radius 2 is 2.36 bits per heavy atom. The number of ether oxygens (including phenoxy) is 1. The molecule has 53 valence electrons. The van der Waals surface area contributed by atoms with Crippen molar-refractivity contribution in [2.75, 3.05) is 0 Å². The van der Waals surface area contributed by atoms with Gasteiger partial charge in [-0.25, -0.2) is 9.97 Å². The summed E-state index contributed by atoms with van der Waals surface area (Å²) in [6, 6.07) is 1.52. The zero-order valence-corrected chi connectivity index (χ0v) is 8.44. The van der Waals surface area contributed by atoms with Crippen LogP contribution < -0.4 is 4.74 Å². The molecule has 1 rings (SSSR count). The molecule has 0 aliphatic heterocycles. The maximum atomic E-state index is 10.3. The normalized spacial score (nSPS) is 8.09. The SMILES string of the molecule is CC(=O)Oc1ccncn1.[Na]. The summed E-state index contributed by atoms with van der Waals surface area (Å²) in [5.41, 5.74) is 0. The molecule has 0 bridgehead atoms. The predicted octanol–water partition coefficient (Wildman–Crippen LogP) is 0.0211. The van der Waals surface area contributed by atoms with Crippen LogP contribution in [0, 0.1) is 0 Å². The molecule has 0 aliphatic carbocycles. The van der Waals surface area contributed by atoms with Crippen LogP contribution in [0.3, 0.4) is 0 Å². The molecule has 0 aliphatic rings. The summed E-state index contributed by atoms with van der Waals surface area (Å²) < 4.78 is 4.62. The molecular weight excluding hydrogens is 155 g/mol. The van der Waals surface area contributed by atoms with Crippen LogP contribution in [0.5, 0.6) is 5.88 Å². The minimum absolute atomic E-state index is 0. The van der Waals surface area contributed by atoms with E-state index in [1.807, 2.05) is 0 Å². The maximum Gasteiger partial charge on any atom is 0.309 e. The van der Waals surface area contributed by atoms with Gasteiger partial charge < -0.3 is 4.74 Å². The second kappa shape index (κ2) is 5.23. The first-order chi connectivity index (χ1) is 4.79. The third kappa shape index (κ3) is 4.08. The minimum atomic E-state index is -0.376. The van der Waals surface area contributed by atoms with Gasteiger partial charge in [-0.1, -0.05) is 0 Å². The number of hydrogen-bond donors (Lipinski definition) is 0. The van der Waals surface area contributed by atoms with Crippen molar-refractivity contribution in [1.82, 2.24) is 9.97 Å². The molecule has 0 N–H and O–H groups in total. The molecule has 0 amide bonds. The van der Waals surface area contributed by atoms with E-state index < -0.39 is 0 Å². The number of hydrogen-bond acceptors (Lipinski definition) is 4. The summed E-state index contributed by atoms with van der Waals surface area (Å²) in [5.74, 6) is -0.0961. The van der Waals surface area contributed by atoms with Gasteiger partial charge in [0.05, 0.1) is 0 Å². The predicted molar refractivity (Wildman–Crippen MR) is 39.1 cm³/mol. The van der Waals surface area contributed by atoms with Gasteiger partial charge in [0.1, 0.15) is 6.33 Å². The second-order valence-corrected chi connectivity index (χ2v) is 1.64. The molecule has 1 aromatic heterocycles. The molecule has 0 atom stereocenters. The van der Waals surface area contributed by atoms with E-state index in [1.165, 1.54) is 25.5 Å². The quantitative estimate of drug-likeness (QED) is 0.430. The van der Waals surface area contributed by atoms with Gasteiger partial charge in [-0.2, -0.15) is 0 Å². The molecule has 0 spiro atoms. The van der Waals surface area contributed by atoms with Crippen molar-refractivity contribution in [2.24, 2.45) is 0 Å². The number of aromatic nitrogens is 2. The fourth-order valence-electron chi connectivity index (χ4n) is 0.486. The van der Waals surface area contributed by atoms with Gasteiger partial charge in [-0.15, -0.1) is 0 Å². The molecule has 0 saturated heterocycles. The fraction of sp³-hybridized carbons (Fsp3) is 0.167. The molecule has 5 heteroatoms. The molecule has 0 unspecified atom stereocenters. The van der Waals surface area contributed by atoms with Crippen molar-refractivity contribution in [3.05, 3.63) is 18.6 Å². The van der Waals surface area contributed by atoms with Crippen molar-refractivity contribution in [3.63, 3.8) is 0 Å². The fourth-order valence-corrected chi connectivity index (χ4v) is 0.486. The van der Waals surface area contributed by atoms with Crippen LogP contribution >= 0.6 is 0 Å². The average molecular weight is 161 g/mol. The van der Waals surface area contributed by atoms with E-state index in [2.05, 4.69) is 14.7 Å². The number of rotatable bonds is 1. The van der Waals surface area contributed by atoms with E-state index in [1.54, 1.807) is 0 Å². The van der Waals surface area contributed by atoms with Gasteiger partial charge in [0.15, 0.2) is 0 Å². The minimum Gasteiger partial charge on any atom is -0.408 e. The first-order valence-electron chi connectivity index (χ1n) is 2.73. The van der Waals surface area contributed by atoms with Crippen LogP contribution in [-0.2, 0) is 4.79 Å². The van der Waals surface area contributed by atoms with Crippen molar-refractivity contribution in [1.29, 1.82) is 0 Å². The van der Waals surface area contributed by atoms with Crippen molar-refractivity contribution >= 4 is 35.5 Å². The van der Waals surface area contributed by atoms with E-state index in [-0.39, 0.29) is 41.4 Å². The molecule has 0 fully saturated rings. The van der Waals surface area contributed by atoms with E-state index >= 15 is 0 Å². The Morgan fingerprint density at radius 3 is 2.82 bits per heavy atom. The van der Waals surface area contributed by atoms with Crippen LogP contribution in [0.4, 0.5) is 0 Å². The van der Waals surface area contributed by atoms with Gasteiger partial charge in [-0.3, -0.25) is 4.79 Å². The first kappa shape index (κ1) is 10.6. The molecule has 4 nitrogen and oxygen atoms in total. The summed E-state index contributed by atoms with van der Waals surface area (Å²) in [5, 5.41) is 0. The van der Waals surface area contributed by atoms with Crippen molar-refractivity contribution in [2.45, 2.75) is 6.92 Å². The summed E-state index contributed by atoms with van der Waals surface area (Å²) in [6.07, 6.45) is 2.82. The molecule has 11 heavy (non-hydrogen) atoms. The van der Waals surface area contributed by atoms with Crippen molar-refractivity contribution in [3.8, 4) is 5.88 Å². The third-order valence-corrected chi connectivity index (χ3v) is 0.803. The topological polar surface area (TPSA) is 52.1 Å². The van der Waals surface area contributed by atoms with Gasteiger partial charge >= 0.3 is 5.97 Å². The van der Waals surface area contributed by atoms with E-state index in [0.29, 0.717) is 0 Å². The van der Waals surface area contributed by atoms with E-state index in [4.69, 9.17) is 0 Å². The Balaban J connectivity index is 0.000001000. The van der Waals surface area contributed by atoms with Gasteiger partial charge in [0.25, 0.3) is 0 Å².